The Bertz CT molecular complexity index is 905. The molecule has 2 N–H and O–H groups in total. The number of hydrogen-bond acceptors (Lipinski definition) is 6. The van der Waals surface area contributed by atoms with Gasteiger partial charge in [-0.15, -0.1) is 0 Å². The van der Waals surface area contributed by atoms with Crippen LogP contribution in [0.3, 0.4) is 0 Å². The molecule has 2 aromatic rings. The topological polar surface area (TPSA) is 97.2 Å². The van der Waals surface area contributed by atoms with Crippen molar-refractivity contribution in [1.82, 2.24) is 5.32 Å². The fourth-order valence-corrected chi connectivity index (χ4v) is 3.05. The van der Waals surface area contributed by atoms with Crippen LogP contribution in [0.1, 0.15) is 5.56 Å². The molecule has 0 aliphatic carbocycles. The van der Waals surface area contributed by atoms with E-state index in [-0.39, 0.29) is 5.91 Å². The lowest BCUT2D eigenvalue weighted by Gasteiger charge is -2.03. The van der Waals surface area contributed by atoms with Crippen molar-refractivity contribution in [3.05, 3.63) is 59.0 Å². The number of carbonyl (C=O) groups is 2. The number of nitrogens with one attached hydrogen (secondary N) is 1. The second-order valence-corrected chi connectivity index (χ2v) is 6.46. The third-order valence-electron chi connectivity index (χ3n) is 3.49. The van der Waals surface area contributed by atoms with Crippen LogP contribution in [-0.2, 0) is 9.59 Å². The van der Waals surface area contributed by atoms with Crippen molar-refractivity contribution in [2.45, 2.75) is 0 Å². The smallest absolute Gasteiger partial charge is 0.341 e. The molecule has 0 bridgehead atoms. The third kappa shape index (κ3) is 5.11. The second-order valence-electron chi connectivity index (χ2n) is 5.43. The molecule has 0 saturated carbocycles. The van der Waals surface area contributed by atoms with Crippen LogP contribution in [0.2, 0.25) is 0 Å². The van der Waals surface area contributed by atoms with Crippen molar-refractivity contribution in [1.29, 1.82) is 0 Å². The molecule has 1 aliphatic rings. The van der Waals surface area contributed by atoms with Gasteiger partial charge in [0, 0.05) is 0 Å². The molecule has 2 aromatic carbocycles. The average molecular weight is 384 g/mol. The van der Waals surface area contributed by atoms with Crippen LogP contribution >= 0.6 is 11.8 Å². The van der Waals surface area contributed by atoms with E-state index < -0.39 is 12.6 Å². The molecule has 0 spiro atoms. The molecule has 0 unspecified atom stereocenters. The molecule has 0 aromatic heterocycles. The van der Waals surface area contributed by atoms with Crippen LogP contribution in [0, 0.1) is 0 Å². The van der Waals surface area contributed by atoms with E-state index in [1.54, 1.807) is 61.7 Å². The monoisotopic (exact) mass is 384 g/mol. The fraction of sp³-hybridized carbons (Fsp3) is 0.105. The van der Waals surface area contributed by atoms with Gasteiger partial charge in [-0.3, -0.25) is 4.79 Å². The molecule has 0 radical (unpaired) electrons. The normalized spacial score (nSPS) is 16.4. The Hall–Kier alpha value is -3.26. The summed E-state index contributed by atoms with van der Waals surface area (Å²) in [6.45, 7) is -0.399. The van der Waals surface area contributed by atoms with E-state index in [2.05, 4.69) is 10.3 Å². The summed E-state index contributed by atoms with van der Waals surface area (Å²) in [4.78, 5) is 27.6. The largest absolute Gasteiger partial charge is 0.497 e. The first-order valence-corrected chi connectivity index (χ1v) is 8.73. The number of amidine groups is 1. The minimum absolute atomic E-state index is 0.224. The number of carbonyl (C=O) groups excluding carboxylic acids is 1. The summed E-state index contributed by atoms with van der Waals surface area (Å²) in [6, 6.07) is 14.0. The van der Waals surface area contributed by atoms with Crippen molar-refractivity contribution in [2.75, 3.05) is 13.7 Å². The van der Waals surface area contributed by atoms with Crippen molar-refractivity contribution >= 4 is 40.6 Å². The number of methoxy groups -OCH3 is 1. The average Bonchev–Trinajstić information content (AvgIpc) is 3.00. The zero-order valence-corrected chi connectivity index (χ0v) is 15.2. The number of hydrogen-bond donors (Lipinski definition) is 2. The van der Waals surface area contributed by atoms with Gasteiger partial charge in [-0.05, 0) is 59.8 Å². The van der Waals surface area contributed by atoms with Gasteiger partial charge in [0.1, 0.15) is 11.5 Å². The van der Waals surface area contributed by atoms with E-state index >= 15 is 0 Å². The van der Waals surface area contributed by atoms with Gasteiger partial charge in [0.25, 0.3) is 5.91 Å². The Labute approximate surface area is 159 Å². The van der Waals surface area contributed by atoms with Gasteiger partial charge in [0.2, 0.25) is 0 Å². The second kappa shape index (κ2) is 8.41. The lowest BCUT2D eigenvalue weighted by atomic mass is 10.2. The zero-order chi connectivity index (χ0) is 19.2. The summed E-state index contributed by atoms with van der Waals surface area (Å²) in [7, 11) is 1.59. The maximum atomic E-state index is 12.1. The van der Waals surface area contributed by atoms with E-state index in [4.69, 9.17) is 14.6 Å². The zero-order valence-electron chi connectivity index (χ0n) is 14.3. The molecule has 0 atom stereocenters. The predicted octanol–water partition coefficient (Wildman–Crippen LogP) is 3.05. The van der Waals surface area contributed by atoms with E-state index in [9.17, 15) is 9.59 Å². The molecule has 3 rings (SSSR count). The Morgan fingerprint density at radius 1 is 1.15 bits per heavy atom. The van der Waals surface area contributed by atoms with Crippen molar-refractivity contribution < 1.29 is 24.2 Å². The first kappa shape index (κ1) is 18.5. The number of amides is 1. The molecule has 27 heavy (non-hydrogen) atoms. The lowest BCUT2D eigenvalue weighted by Crippen LogP contribution is -2.19. The number of carboxylic acid groups (broad SMARTS) is 1. The molecule has 1 saturated heterocycles. The van der Waals surface area contributed by atoms with Crippen LogP contribution in [0.25, 0.3) is 6.08 Å². The summed E-state index contributed by atoms with van der Waals surface area (Å²) in [5.41, 5.74) is 1.50. The van der Waals surface area contributed by atoms with E-state index in [1.807, 2.05) is 0 Å². The first-order valence-electron chi connectivity index (χ1n) is 7.92. The molecule has 7 nitrogen and oxygen atoms in total. The quantitative estimate of drug-likeness (QED) is 0.743. The van der Waals surface area contributed by atoms with Crippen LogP contribution in [0.5, 0.6) is 11.5 Å². The highest BCUT2D eigenvalue weighted by Crippen LogP contribution is 2.29. The first-order chi connectivity index (χ1) is 13.0. The van der Waals surface area contributed by atoms with Crippen LogP contribution < -0.4 is 14.8 Å². The number of carboxylic acids is 1. The van der Waals surface area contributed by atoms with Gasteiger partial charge in [-0.25, -0.2) is 9.79 Å². The van der Waals surface area contributed by atoms with Gasteiger partial charge in [0.15, 0.2) is 11.8 Å². The number of thioether (sulfide) groups is 1. The van der Waals surface area contributed by atoms with Gasteiger partial charge >= 0.3 is 5.97 Å². The molecule has 1 aliphatic heterocycles. The van der Waals surface area contributed by atoms with E-state index in [0.717, 1.165) is 11.3 Å². The number of aliphatic carboxylic acids is 1. The Morgan fingerprint density at radius 2 is 1.81 bits per heavy atom. The Kier molecular flexibility index (Phi) is 5.77. The van der Waals surface area contributed by atoms with Crippen molar-refractivity contribution in [2.24, 2.45) is 4.99 Å². The summed E-state index contributed by atoms with van der Waals surface area (Å²) in [5, 5.41) is 11.8. The highest BCUT2D eigenvalue weighted by Gasteiger charge is 2.23. The van der Waals surface area contributed by atoms with Gasteiger partial charge < -0.3 is 19.9 Å². The minimum Gasteiger partial charge on any atom is -0.497 e. The van der Waals surface area contributed by atoms with Gasteiger partial charge in [-0.2, -0.15) is 0 Å². The number of aliphatic imine (C=N–C) groups is 1. The Morgan fingerprint density at radius 3 is 2.44 bits per heavy atom. The molecular weight excluding hydrogens is 368 g/mol. The molecule has 138 valence electrons. The number of benzene rings is 2. The molecule has 8 heteroatoms. The van der Waals surface area contributed by atoms with Crippen molar-refractivity contribution in [3.8, 4) is 11.5 Å². The third-order valence-corrected chi connectivity index (χ3v) is 4.40. The summed E-state index contributed by atoms with van der Waals surface area (Å²) >= 11 is 1.25. The van der Waals surface area contributed by atoms with E-state index in [0.29, 0.717) is 21.5 Å². The lowest BCUT2D eigenvalue weighted by molar-refractivity contribution is -0.139. The molecule has 1 amide bonds. The number of rotatable bonds is 6. The van der Waals surface area contributed by atoms with E-state index in [1.165, 1.54) is 11.8 Å². The molecular formula is C19H16N2O5S. The van der Waals surface area contributed by atoms with Crippen LogP contribution in [0.4, 0.5) is 5.69 Å². The Balaban J connectivity index is 1.69. The maximum Gasteiger partial charge on any atom is 0.341 e. The fourth-order valence-electron chi connectivity index (χ4n) is 2.21. The van der Waals surface area contributed by atoms with Gasteiger partial charge in [0.05, 0.1) is 17.7 Å². The van der Waals surface area contributed by atoms with Crippen LogP contribution in [0.15, 0.2) is 58.4 Å². The molecule has 1 heterocycles. The van der Waals surface area contributed by atoms with Gasteiger partial charge in [-0.1, -0.05) is 12.1 Å². The maximum absolute atomic E-state index is 12.1. The standard InChI is InChI=1S/C19H16N2O5S/c1-25-14-8-4-13(5-9-14)20-19-21-18(24)16(27-19)10-12-2-6-15(7-3-12)26-11-17(22)23/h2-10H,11H2,1H3,(H,22,23)(H,20,21,24). The summed E-state index contributed by atoms with van der Waals surface area (Å²) in [6.07, 6.45) is 1.73. The van der Waals surface area contributed by atoms with Crippen LogP contribution in [-0.4, -0.2) is 35.9 Å². The number of nitrogens with zero attached hydrogens (tertiary/aromatic N) is 1. The summed E-state index contributed by atoms with van der Waals surface area (Å²) in [5.74, 6) is -0.0781. The highest BCUT2D eigenvalue weighted by atomic mass is 32.2. The number of ether oxygens (including phenoxy) is 2. The summed E-state index contributed by atoms with van der Waals surface area (Å²) < 4.78 is 10.2. The van der Waals surface area contributed by atoms with Crippen molar-refractivity contribution in [3.63, 3.8) is 0 Å². The molecule has 1 fully saturated rings. The highest BCUT2D eigenvalue weighted by molar-refractivity contribution is 8.18. The SMILES string of the molecule is COc1ccc(N=C2NC(=O)C(=Cc3ccc(OCC(=O)O)cc3)S2)cc1. The predicted molar refractivity (Wildman–Crippen MR) is 103 cm³/mol. The minimum atomic E-state index is -1.04.